The Morgan fingerprint density at radius 3 is 2.11 bits per heavy atom. The fraction of sp³-hybridized carbons (Fsp3) is 0.440. The Labute approximate surface area is 211 Å². The van der Waals surface area contributed by atoms with Crippen LogP contribution in [0.2, 0.25) is 6.04 Å². The molecule has 0 spiro atoms. The second-order valence-corrected chi connectivity index (χ2v) is 11.7. The highest BCUT2D eigenvalue weighted by Crippen LogP contribution is 2.27. The van der Waals surface area contributed by atoms with Crippen LogP contribution in [0, 0.1) is 0 Å². The Morgan fingerprint density at radius 2 is 1.47 bits per heavy atom. The zero-order valence-electron chi connectivity index (χ0n) is 20.2. The number of azo groups is 1. The number of imide groups is 1. The van der Waals surface area contributed by atoms with Crippen LogP contribution in [0.4, 0.5) is 17.1 Å². The molecule has 6 rings (SSSR count). The summed E-state index contributed by atoms with van der Waals surface area (Å²) < 4.78 is 18.2. The first-order valence-electron chi connectivity index (χ1n) is 12.4. The third kappa shape index (κ3) is 5.94. The molecule has 2 aromatic rings. The van der Waals surface area contributed by atoms with Crippen molar-refractivity contribution >= 4 is 37.7 Å². The summed E-state index contributed by atoms with van der Waals surface area (Å²) in [5.41, 5.74) is 1.93. The van der Waals surface area contributed by atoms with Gasteiger partial charge in [-0.15, -0.1) is 0 Å². The van der Waals surface area contributed by atoms with Crippen molar-refractivity contribution in [3.63, 3.8) is 0 Å². The minimum atomic E-state index is -2.68. The summed E-state index contributed by atoms with van der Waals surface area (Å²) in [5.74, 6) is -0.460. The molecular formula is C25H31N5O5Si. The number of nitrogens with zero attached hydrogens (tertiary/aromatic N) is 4. The summed E-state index contributed by atoms with van der Waals surface area (Å²) in [6, 6.07) is 16.5. The molecule has 36 heavy (non-hydrogen) atoms. The molecule has 4 aliphatic heterocycles. The molecule has 4 saturated heterocycles. The number of fused-ring (bicyclic) bond motifs is 6. The Hall–Kier alpha value is -2.80. The van der Waals surface area contributed by atoms with Crippen molar-refractivity contribution in [3.05, 3.63) is 54.6 Å². The monoisotopic (exact) mass is 509 g/mol. The van der Waals surface area contributed by atoms with Gasteiger partial charge in [0.1, 0.15) is 0 Å². The molecule has 4 fully saturated rings. The summed E-state index contributed by atoms with van der Waals surface area (Å²) in [6.45, 7) is 5.17. The average Bonchev–Trinajstić information content (AvgIpc) is 3.14. The lowest BCUT2D eigenvalue weighted by atomic mass is 10.2. The SMILES string of the molecule is O=C1CC(NCCC[Si]23OCCN(CCO2)CCO3)C(=O)N1c1ccc(N=Nc2ccccc2)cc1. The maximum Gasteiger partial charge on any atom is 0.501 e. The molecule has 1 atom stereocenters. The first kappa shape index (κ1) is 24.9. The van der Waals surface area contributed by atoms with Crippen LogP contribution in [0.5, 0.6) is 0 Å². The van der Waals surface area contributed by atoms with E-state index in [4.69, 9.17) is 13.3 Å². The highest BCUT2D eigenvalue weighted by Gasteiger charge is 2.44. The summed E-state index contributed by atoms with van der Waals surface area (Å²) in [7, 11) is -2.68. The van der Waals surface area contributed by atoms with Crippen LogP contribution in [0.15, 0.2) is 64.8 Å². The molecule has 2 aromatic carbocycles. The van der Waals surface area contributed by atoms with Gasteiger partial charge in [0.2, 0.25) is 5.91 Å². The second kappa shape index (κ2) is 11.5. The molecule has 4 heterocycles. The minimum Gasteiger partial charge on any atom is -0.372 e. The van der Waals surface area contributed by atoms with Crippen LogP contribution in [-0.4, -0.2) is 77.6 Å². The highest BCUT2D eigenvalue weighted by molar-refractivity contribution is 6.60. The van der Waals surface area contributed by atoms with Crippen molar-refractivity contribution in [2.45, 2.75) is 24.9 Å². The number of benzene rings is 2. The van der Waals surface area contributed by atoms with Gasteiger partial charge in [0.15, 0.2) is 0 Å². The van der Waals surface area contributed by atoms with Gasteiger partial charge in [-0.3, -0.25) is 14.5 Å². The maximum absolute atomic E-state index is 13.0. The third-order valence-corrected chi connectivity index (χ3v) is 9.43. The van der Waals surface area contributed by atoms with Crippen LogP contribution in [-0.2, 0) is 22.9 Å². The fourth-order valence-electron chi connectivity index (χ4n) is 4.59. The number of rotatable bonds is 8. The molecule has 10 nitrogen and oxygen atoms in total. The van der Waals surface area contributed by atoms with Gasteiger partial charge >= 0.3 is 8.80 Å². The number of nitrogens with one attached hydrogen (secondary N) is 1. The van der Waals surface area contributed by atoms with Gasteiger partial charge in [0.25, 0.3) is 5.91 Å². The van der Waals surface area contributed by atoms with Crippen molar-refractivity contribution < 1.29 is 22.9 Å². The average molecular weight is 510 g/mol. The first-order valence-corrected chi connectivity index (χ1v) is 14.4. The molecule has 0 radical (unpaired) electrons. The number of amides is 2. The van der Waals surface area contributed by atoms with Gasteiger partial charge in [-0.1, -0.05) is 18.2 Å². The molecular weight excluding hydrogens is 478 g/mol. The van der Waals surface area contributed by atoms with Gasteiger partial charge in [-0.05, 0) is 49.4 Å². The Bertz CT molecular complexity index is 1060. The Kier molecular flexibility index (Phi) is 7.95. The van der Waals surface area contributed by atoms with Gasteiger partial charge in [-0.2, -0.15) is 10.2 Å². The van der Waals surface area contributed by atoms with Crippen LogP contribution < -0.4 is 10.2 Å². The standard InChI is InChI=1S/C25H31N5O5Si/c31-24-19-23(26-11-4-18-36-33-15-12-29(13-16-34-36)14-17-35-36)25(32)30(24)22-9-7-21(8-10-22)28-27-20-5-2-1-3-6-20/h1-3,5-10,23,26H,4,11-19H2. The second-order valence-electron chi connectivity index (χ2n) is 9.00. The normalized spacial score (nSPS) is 26.8. The zero-order chi connectivity index (χ0) is 24.8. The molecule has 0 aliphatic carbocycles. The summed E-state index contributed by atoms with van der Waals surface area (Å²) >= 11 is 0. The van der Waals surface area contributed by atoms with E-state index in [-0.39, 0.29) is 18.2 Å². The summed E-state index contributed by atoms with van der Waals surface area (Å²) in [5, 5.41) is 11.7. The molecule has 4 aliphatic rings. The number of hydrogen-bond acceptors (Lipinski definition) is 9. The lowest BCUT2D eigenvalue weighted by Crippen LogP contribution is -2.55. The van der Waals surface area contributed by atoms with Crippen molar-refractivity contribution in [3.8, 4) is 0 Å². The van der Waals surface area contributed by atoms with Gasteiger partial charge in [0.05, 0.1) is 49.3 Å². The Balaban J connectivity index is 1.13. The lowest BCUT2D eigenvalue weighted by molar-refractivity contribution is -0.121. The number of carbonyl (C=O) groups is 2. The molecule has 1 N–H and O–H groups in total. The van der Waals surface area contributed by atoms with E-state index in [1.54, 1.807) is 24.3 Å². The van der Waals surface area contributed by atoms with E-state index >= 15 is 0 Å². The van der Waals surface area contributed by atoms with Crippen LogP contribution in [0.3, 0.4) is 0 Å². The molecule has 1 unspecified atom stereocenters. The molecule has 0 aromatic heterocycles. The molecule has 2 amide bonds. The van der Waals surface area contributed by atoms with Crippen molar-refractivity contribution in [2.75, 3.05) is 50.9 Å². The van der Waals surface area contributed by atoms with E-state index in [0.29, 0.717) is 43.8 Å². The Morgan fingerprint density at radius 1 is 0.861 bits per heavy atom. The number of carbonyl (C=O) groups excluding carboxylic acids is 2. The van der Waals surface area contributed by atoms with E-state index in [0.717, 1.165) is 31.7 Å². The van der Waals surface area contributed by atoms with E-state index in [9.17, 15) is 9.59 Å². The fourth-order valence-corrected chi connectivity index (χ4v) is 7.09. The van der Waals surface area contributed by atoms with Crippen molar-refractivity contribution in [2.24, 2.45) is 10.2 Å². The maximum atomic E-state index is 13.0. The summed E-state index contributed by atoms with van der Waals surface area (Å²) in [4.78, 5) is 29.2. The van der Waals surface area contributed by atoms with Crippen LogP contribution >= 0.6 is 0 Å². The van der Waals surface area contributed by atoms with E-state index in [1.165, 1.54) is 4.90 Å². The van der Waals surface area contributed by atoms with Crippen LogP contribution in [0.25, 0.3) is 0 Å². The van der Waals surface area contributed by atoms with Crippen molar-refractivity contribution in [1.29, 1.82) is 0 Å². The molecule has 11 heteroatoms. The predicted molar refractivity (Wildman–Crippen MR) is 135 cm³/mol. The van der Waals surface area contributed by atoms with Crippen molar-refractivity contribution in [1.82, 2.24) is 10.2 Å². The molecule has 0 saturated carbocycles. The van der Waals surface area contributed by atoms with E-state index < -0.39 is 14.8 Å². The van der Waals surface area contributed by atoms with Crippen LogP contribution in [0.1, 0.15) is 12.8 Å². The van der Waals surface area contributed by atoms with Gasteiger partial charge in [0, 0.05) is 25.7 Å². The summed E-state index contributed by atoms with van der Waals surface area (Å²) in [6.07, 6.45) is 0.880. The molecule has 2 bridgehead atoms. The zero-order valence-corrected chi connectivity index (χ0v) is 21.2. The highest BCUT2D eigenvalue weighted by atomic mass is 28.4. The van der Waals surface area contributed by atoms with E-state index in [2.05, 4.69) is 20.4 Å². The van der Waals surface area contributed by atoms with Gasteiger partial charge < -0.3 is 18.6 Å². The topological polar surface area (TPSA) is 105 Å². The third-order valence-electron chi connectivity index (χ3n) is 6.53. The van der Waals surface area contributed by atoms with Gasteiger partial charge in [-0.25, -0.2) is 4.90 Å². The quantitative estimate of drug-likeness (QED) is 0.252. The largest absolute Gasteiger partial charge is 0.501 e. The smallest absolute Gasteiger partial charge is 0.372 e. The minimum absolute atomic E-state index is 0.135. The number of hydrogen-bond donors (Lipinski definition) is 1. The predicted octanol–water partition coefficient (Wildman–Crippen LogP) is 3.03. The van der Waals surface area contributed by atoms with E-state index in [1.807, 2.05) is 30.3 Å². The first-order chi connectivity index (χ1) is 17.6. The molecule has 190 valence electrons. The lowest BCUT2D eigenvalue weighted by Gasteiger charge is -2.38. The number of anilines is 1.